The zero-order valence-electron chi connectivity index (χ0n) is 10.2. The van der Waals surface area contributed by atoms with E-state index in [2.05, 4.69) is 10.2 Å². The van der Waals surface area contributed by atoms with Crippen molar-refractivity contribution in [2.45, 2.75) is 6.92 Å². The maximum absolute atomic E-state index is 11.2. The first kappa shape index (κ1) is 12.8. The molecule has 0 aliphatic rings. The van der Waals surface area contributed by atoms with Crippen LogP contribution in [0.25, 0.3) is 0 Å². The fourth-order valence-corrected chi connectivity index (χ4v) is 1.45. The molecule has 2 N–H and O–H groups in total. The van der Waals surface area contributed by atoms with Crippen molar-refractivity contribution in [2.75, 3.05) is 0 Å². The molecule has 2 aromatic carbocycles. The standard InChI is InChI=1S/C14H12N2O3/c1-9(17)10-2-7-14(19)13(8-10)16-15-11-3-5-12(18)6-4-11/h2-8,18-19H,1H3. The SMILES string of the molecule is CC(=O)c1ccc(O)c(N=Nc2ccc(O)cc2)c1. The molecular weight excluding hydrogens is 244 g/mol. The molecular formula is C14H12N2O3. The van der Waals surface area contributed by atoms with Gasteiger partial charge in [0.1, 0.15) is 17.2 Å². The predicted molar refractivity (Wildman–Crippen MR) is 70.4 cm³/mol. The van der Waals surface area contributed by atoms with E-state index in [0.29, 0.717) is 11.3 Å². The summed E-state index contributed by atoms with van der Waals surface area (Å²) in [7, 11) is 0. The number of benzene rings is 2. The summed E-state index contributed by atoms with van der Waals surface area (Å²) in [6.07, 6.45) is 0. The third-order valence-corrected chi connectivity index (χ3v) is 2.50. The summed E-state index contributed by atoms with van der Waals surface area (Å²) < 4.78 is 0. The van der Waals surface area contributed by atoms with Crippen molar-refractivity contribution < 1.29 is 15.0 Å². The number of azo groups is 1. The van der Waals surface area contributed by atoms with E-state index < -0.39 is 0 Å². The van der Waals surface area contributed by atoms with Crippen molar-refractivity contribution in [3.8, 4) is 11.5 Å². The molecule has 0 bridgehead atoms. The van der Waals surface area contributed by atoms with Gasteiger partial charge in [0, 0.05) is 5.56 Å². The van der Waals surface area contributed by atoms with Crippen LogP contribution >= 0.6 is 0 Å². The molecule has 0 heterocycles. The number of phenolic OH excluding ortho intramolecular Hbond substituents is 2. The summed E-state index contributed by atoms with van der Waals surface area (Å²) in [6, 6.07) is 10.6. The molecule has 0 aliphatic heterocycles. The number of hydrogen-bond donors (Lipinski definition) is 2. The van der Waals surface area contributed by atoms with Crippen LogP contribution in [0.2, 0.25) is 0 Å². The van der Waals surface area contributed by atoms with Gasteiger partial charge < -0.3 is 10.2 Å². The molecule has 0 fully saturated rings. The molecule has 2 aromatic rings. The zero-order valence-corrected chi connectivity index (χ0v) is 10.2. The van der Waals surface area contributed by atoms with Gasteiger partial charge in [0.2, 0.25) is 0 Å². The number of carbonyl (C=O) groups is 1. The Balaban J connectivity index is 2.29. The Morgan fingerprint density at radius 1 is 1.00 bits per heavy atom. The van der Waals surface area contributed by atoms with Crippen LogP contribution in [-0.4, -0.2) is 16.0 Å². The Kier molecular flexibility index (Phi) is 3.56. The van der Waals surface area contributed by atoms with Crippen molar-refractivity contribution in [3.05, 3.63) is 48.0 Å². The minimum Gasteiger partial charge on any atom is -0.508 e. The van der Waals surface area contributed by atoms with Crippen LogP contribution in [0.4, 0.5) is 11.4 Å². The second-order valence-electron chi connectivity index (χ2n) is 3.98. The van der Waals surface area contributed by atoms with E-state index in [-0.39, 0.29) is 23.0 Å². The van der Waals surface area contributed by atoms with Crippen molar-refractivity contribution in [1.82, 2.24) is 0 Å². The van der Waals surface area contributed by atoms with Crippen molar-refractivity contribution >= 4 is 17.2 Å². The third kappa shape index (κ3) is 3.16. The molecule has 0 aliphatic carbocycles. The lowest BCUT2D eigenvalue weighted by Crippen LogP contribution is -1.90. The van der Waals surface area contributed by atoms with E-state index in [0.717, 1.165) is 0 Å². The van der Waals surface area contributed by atoms with E-state index in [1.807, 2.05) is 0 Å². The predicted octanol–water partition coefficient (Wildman–Crippen LogP) is 3.72. The molecule has 0 aromatic heterocycles. The van der Waals surface area contributed by atoms with Gasteiger partial charge in [-0.1, -0.05) is 0 Å². The van der Waals surface area contributed by atoms with Crippen LogP contribution < -0.4 is 0 Å². The average Bonchev–Trinajstić information content (AvgIpc) is 2.39. The molecule has 0 spiro atoms. The Bertz CT molecular complexity index is 634. The van der Waals surface area contributed by atoms with E-state index in [9.17, 15) is 9.90 Å². The van der Waals surface area contributed by atoms with Crippen molar-refractivity contribution in [1.29, 1.82) is 0 Å². The number of hydrogen-bond acceptors (Lipinski definition) is 5. The number of nitrogens with zero attached hydrogens (tertiary/aromatic N) is 2. The molecule has 2 rings (SSSR count). The van der Waals surface area contributed by atoms with Crippen LogP contribution in [0.5, 0.6) is 11.5 Å². The third-order valence-electron chi connectivity index (χ3n) is 2.50. The van der Waals surface area contributed by atoms with Gasteiger partial charge in [0.25, 0.3) is 0 Å². The van der Waals surface area contributed by atoms with Gasteiger partial charge >= 0.3 is 0 Å². The van der Waals surface area contributed by atoms with Gasteiger partial charge in [-0.05, 0) is 49.4 Å². The average molecular weight is 256 g/mol. The van der Waals surface area contributed by atoms with E-state index in [4.69, 9.17) is 5.11 Å². The lowest BCUT2D eigenvalue weighted by molar-refractivity contribution is 0.101. The summed E-state index contributed by atoms with van der Waals surface area (Å²) in [6.45, 7) is 1.44. The molecule has 0 saturated heterocycles. The van der Waals surface area contributed by atoms with E-state index in [1.54, 1.807) is 12.1 Å². The number of ketones is 1. The summed E-state index contributed by atoms with van der Waals surface area (Å²) in [5, 5.41) is 26.6. The lowest BCUT2D eigenvalue weighted by atomic mass is 10.1. The highest BCUT2D eigenvalue weighted by atomic mass is 16.3. The Morgan fingerprint density at radius 2 is 1.68 bits per heavy atom. The topological polar surface area (TPSA) is 82.2 Å². The first-order valence-electron chi connectivity index (χ1n) is 5.61. The van der Waals surface area contributed by atoms with Crippen LogP contribution in [0.3, 0.4) is 0 Å². The summed E-state index contributed by atoms with van der Waals surface area (Å²) >= 11 is 0. The Morgan fingerprint density at radius 3 is 2.32 bits per heavy atom. The number of aromatic hydroxyl groups is 2. The van der Waals surface area contributed by atoms with Gasteiger partial charge in [-0.2, -0.15) is 5.11 Å². The summed E-state index contributed by atoms with van der Waals surface area (Å²) in [5.41, 5.74) is 1.21. The molecule has 0 atom stereocenters. The summed E-state index contributed by atoms with van der Waals surface area (Å²) in [4.78, 5) is 11.2. The van der Waals surface area contributed by atoms with Crippen molar-refractivity contribution in [2.24, 2.45) is 10.2 Å². The van der Waals surface area contributed by atoms with Crippen molar-refractivity contribution in [3.63, 3.8) is 0 Å². The van der Waals surface area contributed by atoms with Crippen LogP contribution in [0.1, 0.15) is 17.3 Å². The highest BCUT2D eigenvalue weighted by molar-refractivity contribution is 5.95. The first-order valence-corrected chi connectivity index (χ1v) is 5.61. The maximum atomic E-state index is 11.2. The smallest absolute Gasteiger partial charge is 0.159 e. The van der Waals surface area contributed by atoms with Crippen LogP contribution in [0.15, 0.2) is 52.7 Å². The van der Waals surface area contributed by atoms with Crippen LogP contribution in [0, 0.1) is 0 Å². The Labute approximate surface area is 109 Å². The molecule has 0 saturated carbocycles. The molecule has 0 radical (unpaired) electrons. The highest BCUT2D eigenvalue weighted by Gasteiger charge is 2.05. The largest absolute Gasteiger partial charge is 0.508 e. The minimum absolute atomic E-state index is 0.0486. The fourth-order valence-electron chi connectivity index (χ4n) is 1.45. The monoisotopic (exact) mass is 256 g/mol. The minimum atomic E-state index is -0.110. The van der Waals surface area contributed by atoms with E-state index in [1.165, 1.54) is 37.3 Å². The molecule has 0 unspecified atom stereocenters. The lowest BCUT2D eigenvalue weighted by Gasteiger charge is -2.00. The quantitative estimate of drug-likeness (QED) is 0.648. The fraction of sp³-hybridized carbons (Fsp3) is 0.0714. The van der Waals surface area contributed by atoms with Gasteiger partial charge in [-0.25, -0.2) is 0 Å². The normalized spacial score (nSPS) is 10.8. The molecule has 0 amide bonds. The molecule has 19 heavy (non-hydrogen) atoms. The van der Waals surface area contributed by atoms with Gasteiger partial charge in [0.05, 0.1) is 5.69 Å². The first-order chi connectivity index (χ1) is 9.06. The number of rotatable bonds is 3. The summed E-state index contributed by atoms with van der Waals surface area (Å²) in [5.74, 6) is -0.0195. The van der Waals surface area contributed by atoms with Crippen LogP contribution in [-0.2, 0) is 0 Å². The van der Waals surface area contributed by atoms with E-state index >= 15 is 0 Å². The van der Waals surface area contributed by atoms with Gasteiger partial charge in [-0.3, -0.25) is 4.79 Å². The van der Waals surface area contributed by atoms with Gasteiger partial charge in [-0.15, -0.1) is 5.11 Å². The molecule has 5 nitrogen and oxygen atoms in total. The zero-order chi connectivity index (χ0) is 13.8. The number of Topliss-reactive ketones (excluding diaryl/α,β-unsaturated/α-hetero) is 1. The number of phenols is 2. The second-order valence-corrected chi connectivity index (χ2v) is 3.98. The molecule has 5 heteroatoms. The molecule has 96 valence electrons. The number of carbonyl (C=O) groups excluding carboxylic acids is 1. The Hall–Kier alpha value is -2.69. The second kappa shape index (κ2) is 5.30. The highest BCUT2D eigenvalue weighted by Crippen LogP contribution is 2.29. The maximum Gasteiger partial charge on any atom is 0.159 e. The van der Waals surface area contributed by atoms with Gasteiger partial charge in [0.15, 0.2) is 5.78 Å².